The van der Waals surface area contributed by atoms with Crippen molar-refractivity contribution in [2.75, 3.05) is 52.4 Å². The Morgan fingerprint density at radius 1 is 1.06 bits per heavy atom. The van der Waals surface area contributed by atoms with E-state index in [0.717, 1.165) is 12.5 Å². The fourth-order valence-corrected chi connectivity index (χ4v) is 2.32. The number of hydrogen-bond donors (Lipinski definition) is 1. The first kappa shape index (κ1) is 13.9. The Kier molecular flexibility index (Phi) is 7.01. The first-order valence-electron chi connectivity index (χ1n) is 6.87. The Balaban J connectivity index is 2.03. The number of piperazine rings is 1. The minimum Gasteiger partial charge on any atom is -0.317 e. The predicted molar refractivity (Wildman–Crippen MR) is 70.9 cm³/mol. The highest BCUT2D eigenvalue weighted by molar-refractivity contribution is 4.72. The van der Waals surface area contributed by atoms with Gasteiger partial charge in [-0.25, -0.2) is 0 Å². The van der Waals surface area contributed by atoms with E-state index in [1.807, 2.05) is 0 Å². The van der Waals surface area contributed by atoms with Gasteiger partial charge in [0, 0.05) is 32.7 Å². The van der Waals surface area contributed by atoms with E-state index in [2.05, 4.69) is 35.9 Å². The molecule has 16 heavy (non-hydrogen) atoms. The monoisotopic (exact) mass is 227 g/mol. The first-order chi connectivity index (χ1) is 7.72. The molecule has 0 bridgehead atoms. The summed E-state index contributed by atoms with van der Waals surface area (Å²) in [6.45, 7) is 16.6. The number of hydrogen-bond acceptors (Lipinski definition) is 3. The summed E-state index contributed by atoms with van der Waals surface area (Å²) in [6.07, 6.45) is 1.29. The Bertz CT molecular complexity index is 163. The van der Waals surface area contributed by atoms with Gasteiger partial charge in [0.2, 0.25) is 0 Å². The van der Waals surface area contributed by atoms with Crippen molar-refractivity contribution < 1.29 is 0 Å². The van der Waals surface area contributed by atoms with E-state index in [1.165, 1.54) is 52.2 Å². The average Bonchev–Trinajstić information content (AvgIpc) is 2.26. The lowest BCUT2D eigenvalue weighted by molar-refractivity contribution is 0.121. The molecule has 96 valence electrons. The first-order valence-corrected chi connectivity index (χ1v) is 6.87. The van der Waals surface area contributed by atoms with Crippen molar-refractivity contribution in [3.8, 4) is 0 Å². The normalized spacial score (nSPS) is 19.5. The van der Waals surface area contributed by atoms with E-state index >= 15 is 0 Å². The molecule has 1 aliphatic rings. The smallest absolute Gasteiger partial charge is 0.0110 e. The van der Waals surface area contributed by atoms with Gasteiger partial charge in [-0.2, -0.15) is 0 Å². The molecule has 0 aromatic heterocycles. The SMILES string of the molecule is CCNCCCN1CCN(CC(C)C)CC1. The van der Waals surface area contributed by atoms with Crippen LogP contribution in [0.5, 0.6) is 0 Å². The summed E-state index contributed by atoms with van der Waals surface area (Å²) < 4.78 is 0. The Morgan fingerprint density at radius 3 is 2.25 bits per heavy atom. The molecule has 0 aliphatic carbocycles. The highest BCUT2D eigenvalue weighted by Crippen LogP contribution is 2.05. The lowest BCUT2D eigenvalue weighted by Crippen LogP contribution is -2.47. The van der Waals surface area contributed by atoms with Gasteiger partial charge in [-0.3, -0.25) is 0 Å². The van der Waals surface area contributed by atoms with Crippen molar-refractivity contribution in [3.63, 3.8) is 0 Å². The third-order valence-corrected chi connectivity index (χ3v) is 3.17. The van der Waals surface area contributed by atoms with Gasteiger partial charge in [0.05, 0.1) is 0 Å². The zero-order valence-electron chi connectivity index (χ0n) is 11.3. The van der Waals surface area contributed by atoms with E-state index in [-0.39, 0.29) is 0 Å². The molecule has 1 fully saturated rings. The molecular weight excluding hydrogens is 198 g/mol. The van der Waals surface area contributed by atoms with Crippen molar-refractivity contribution in [3.05, 3.63) is 0 Å². The van der Waals surface area contributed by atoms with Crippen LogP contribution in [0, 0.1) is 5.92 Å². The fourth-order valence-electron chi connectivity index (χ4n) is 2.32. The van der Waals surface area contributed by atoms with Crippen LogP contribution in [0.1, 0.15) is 27.2 Å². The van der Waals surface area contributed by atoms with Crippen molar-refractivity contribution in [2.45, 2.75) is 27.2 Å². The molecule has 0 spiro atoms. The molecule has 3 nitrogen and oxygen atoms in total. The maximum absolute atomic E-state index is 3.39. The highest BCUT2D eigenvalue weighted by atomic mass is 15.3. The van der Waals surface area contributed by atoms with Gasteiger partial charge in [0.1, 0.15) is 0 Å². The highest BCUT2D eigenvalue weighted by Gasteiger charge is 2.16. The lowest BCUT2D eigenvalue weighted by Gasteiger charge is -2.35. The quantitative estimate of drug-likeness (QED) is 0.661. The number of rotatable bonds is 7. The molecule has 0 radical (unpaired) electrons. The maximum Gasteiger partial charge on any atom is 0.0110 e. The molecule has 0 aromatic carbocycles. The summed E-state index contributed by atoms with van der Waals surface area (Å²) in [5.74, 6) is 0.806. The van der Waals surface area contributed by atoms with Crippen LogP contribution in [0.4, 0.5) is 0 Å². The third kappa shape index (κ3) is 5.83. The van der Waals surface area contributed by atoms with Gasteiger partial charge in [-0.1, -0.05) is 20.8 Å². The molecule has 1 N–H and O–H groups in total. The van der Waals surface area contributed by atoms with Crippen LogP contribution in [0.3, 0.4) is 0 Å². The van der Waals surface area contributed by atoms with Gasteiger partial charge >= 0.3 is 0 Å². The van der Waals surface area contributed by atoms with E-state index in [0.29, 0.717) is 0 Å². The van der Waals surface area contributed by atoms with Gasteiger partial charge < -0.3 is 15.1 Å². The number of nitrogens with zero attached hydrogens (tertiary/aromatic N) is 2. The van der Waals surface area contributed by atoms with E-state index < -0.39 is 0 Å². The molecular formula is C13H29N3. The lowest BCUT2D eigenvalue weighted by atomic mass is 10.2. The number of nitrogens with one attached hydrogen (secondary N) is 1. The Hall–Kier alpha value is -0.120. The van der Waals surface area contributed by atoms with E-state index in [1.54, 1.807) is 0 Å². The van der Waals surface area contributed by atoms with Crippen LogP contribution in [-0.2, 0) is 0 Å². The largest absolute Gasteiger partial charge is 0.317 e. The van der Waals surface area contributed by atoms with Crippen molar-refractivity contribution in [1.29, 1.82) is 0 Å². The molecule has 0 atom stereocenters. The molecule has 0 saturated carbocycles. The van der Waals surface area contributed by atoms with E-state index in [9.17, 15) is 0 Å². The second kappa shape index (κ2) is 8.04. The second-order valence-electron chi connectivity index (χ2n) is 5.24. The maximum atomic E-state index is 3.39. The van der Waals surface area contributed by atoms with Crippen LogP contribution in [0.2, 0.25) is 0 Å². The molecule has 0 amide bonds. The standard InChI is InChI=1S/C13H29N3/c1-4-14-6-5-7-15-8-10-16(11-9-15)12-13(2)3/h13-14H,4-12H2,1-3H3. The topological polar surface area (TPSA) is 18.5 Å². The van der Waals surface area contributed by atoms with Crippen LogP contribution in [-0.4, -0.2) is 62.2 Å². The van der Waals surface area contributed by atoms with Crippen LogP contribution in [0.25, 0.3) is 0 Å². The van der Waals surface area contributed by atoms with Crippen molar-refractivity contribution in [1.82, 2.24) is 15.1 Å². The summed E-state index contributed by atoms with van der Waals surface area (Å²) in [5.41, 5.74) is 0. The second-order valence-corrected chi connectivity index (χ2v) is 5.24. The Morgan fingerprint density at radius 2 is 1.69 bits per heavy atom. The molecule has 1 heterocycles. The fraction of sp³-hybridized carbons (Fsp3) is 1.00. The minimum absolute atomic E-state index is 0.806. The Labute approximate surface area is 101 Å². The minimum atomic E-state index is 0.806. The average molecular weight is 227 g/mol. The third-order valence-electron chi connectivity index (χ3n) is 3.17. The zero-order valence-corrected chi connectivity index (χ0v) is 11.3. The predicted octanol–water partition coefficient (Wildman–Crippen LogP) is 1.26. The summed E-state index contributed by atoms with van der Waals surface area (Å²) in [4.78, 5) is 5.21. The van der Waals surface area contributed by atoms with Gasteiger partial charge in [-0.15, -0.1) is 0 Å². The van der Waals surface area contributed by atoms with E-state index in [4.69, 9.17) is 0 Å². The molecule has 1 saturated heterocycles. The molecule has 1 rings (SSSR count). The van der Waals surface area contributed by atoms with Gasteiger partial charge in [0.25, 0.3) is 0 Å². The summed E-state index contributed by atoms with van der Waals surface area (Å²) >= 11 is 0. The van der Waals surface area contributed by atoms with Crippen molar-refractivity contribution in [2.24, 2.45) is 5.92 Å². The van der Waals surface area contributed by atoms with Crippen LogP contribution in [0.15, 0.2) is 0 Å². The summed E-state index contributed by atoms with van der Waals surface area (Å²) in [6, 6.07) is 0. The van der Waals surface area contributed by atoms with Gasteiger partial charge in [0.15, 0.2) is 0 Å². The van der Waals surface area contributed by atoms with Crippen molar-refractivity contribution >= 4 is 0 Å². The summed E-state index contributed by atoms with van der Waals surface area (Å²) in [7, 11) is 0. The molecule has 1 aliphatic heterocycles. The summed E-state index contributed by atoms with van der Waals surface area (Å²) in [5, 5.41) is 3.39. The van der Waals surface area contributed by atoms with Gasteiger partial charge in [-0.05, 0) is 32.0 Å². The van der Waals surface area contributed by atoms with Crippen LogP contribution < -0.4 is 5.32 Å². The van der Waals surface area contributed by atoms with Crippen LogP contribution >= 0.6 is 0 Å². The molecule has 0 unspecified atom stereocenters. The molecule has 0 aromatic rings. The zero-order chi connectivity index (χ0) is 11.8. The molecule has 3 heteroatoms.